The molecule has 0 fully saturated rings. The van der Waals surface area contributed by atoms with Crippen LogP contribution in [0.4, 0.5) is 5.69 Å². The second kappa shape index (κ2) is 7.41. The molecule has 0 aromatic heterocycles. The number of nitrogens with zero attached hydrogens (tertiary/aromatic N) is 1. The Bertz CT molecular complexity index is 908. The van der Waals surface area contributed by atoms with Crippen LogP contribution in [0.5, 0.6) is 0 Å². The van der Waals surface area contributed by atoms with Gasteiger partial charge in [-0.15, -0.1) is 0 Å². The van der Waals surface area contributed by atoms with Crippen LogP contribution in [0.1, 0.15) is 21.5 Å². The minimum absolute atomic E-state index is 0.0208. The van der Waals surface area contributed by atoms with E-state index in [1.807, 2.05) is 0 Å². The van der Waals surface area contributed by atoms with E-state index < -0.39 is 20.9 Å². The molecule has 9 heteroatoms. The summed E-state index contributed by atoms with van der Waals surface area (Å²) in [4.78, 5) is 22.5. The Labute approximate surface area is 144 Å². The fourth-order valence-electron chi connectivity index (χ4n) is 2.23. The Hall–Kier alpha value is -2.78. The molecular formula is C16H17N3O5S. The first kappa shape index (κ1) is 18.6. The normalized spacial score (nSPS) is 11.1. The van der Waals surface area contributed by atoms with Gasteiger partial charge in [0.1, 0.15) is 0 Å². The van der Waals surface area contributed by atoms with Gasteiger partial charge in [-0.3, -0.25) is 14.9 Å². The number of non-ortho nitro benzene ring substituents is 1. The SMILES string of the molecule is Cc1ccc([N+](=O)[O-])cc1C(=O)NCCc1ccc(S(N)(=O)=O)cc1. The minimum Gasteiger partial charge on any atom is -0.352 e. The lowest BCUT2D eigenvalue weighted by Gasteiger charge is -2.08. The molecule has 0 spiro atoms. The van der Waals surface area contributed by atoms with Crippen molar-refractivity contribution in [1.82, 2.24) is 5.32 Å². The number of sulfonamides is 1. The Morgan fingerprint density at radius 1 is 1.20 bits per heavy atom. The Balaban J connectivity index is 1.99. The highest BCUT2D eigenvalue weighted by Crippen LogP contribution is 2.17. The summed E-state index contributed by atoms with van der Waals surface area (Å²) in [6.07, 6.45) is 0.477. The van der Waals surface area contributed by atoms with Crippen LogP contribution in [-0.2, 0) is 16.4 Å². The van der Waals surface area contributed by atoms with Gasteiger partial charge in [0, 0.05) is 24.2 Å². The minimum atomic E-state index is -3.73. The van der Waals surface area contributed by atoms with E-state index in [0.717, 1.165) is 5.56 Å². The fraction of sp³-hybridized carbons (Fsp3) is 0.188. The summed E-state index contributed by atoms with van der Waals surface area (Å²) in [5.41, 5.74) is 1.57. The van der Waals surface area contributed by atoms with E-state index in [9.17, 15) is 23.3 Å². The number of primary sulfonamides is 1. The zero-order valence-electron chi connectivity index (χ0n) is 13.4. The number of nitro groups is 1. The van der Waals surface area contributed by atoms with Crippen LogP contribution in [0.2, 0.25) is 0 Å². The van der Waals surface area contributed by atoms with Crippen LogP contribution < -0.4 is 10.5 Å². The summed E-state index contributed by atoms with van der Waals surface area (Å²) in [5.74, 6) is -0.401. The molecule has 132 valence electrons. The lowest BCUT2D eigenvalue weighted by Crippen LogP contribution is -2.26. The molecule has 0 heterocycles. The summed E-state index contributed by atoms with van der Waals surface area (Å²) in [6.45, 7) is 2.00. The predicted molar refractivity (Wildman–Crippen MR) is 91.7 cm³/mol. The Morgan fingerprint density at radius 2 is 1.84 bits per heavy atom. The smallest absolute Gasteiger partial charge is 0.270 e. The van der Waals surface area contributed by atoms with Gasteiger partial charge in [-0.2, -0.15) is 0 Å². The van der Waals surface area contributed by atoms with Crippen molar-refractivity contribution in [2.24, 2.45) is 5.14 Å². The molecule has 0 saturated carbocycles. The molecule has 1 amide bonds. The number of carbonyl (C=O) groups is 1. The topological polar surface area (TPSA) is 132 Å². The summed E-state index contributed by atoms with van der Waals surface area (Å²) in [7, 11) is -3.73. The molecular weight excluding hydrogens is 346 g/mol. The van der Waals surface area contributed by atoms with Crippen molar-refractivity contribution in [1.29, 1.82) is 0 Å². The number of carbonyl (C=O) groups excluding carboxylic acids is 1. The number of benzene rings is 2. The number of nitro benzene ring substituents is 1. The van der Waals surface area contributed by atoms with E-state index in [1.54, 1.807) is 19.1 Å². The number of nitrogens with one attached hydrogen (secondary N) is 1. The zero-order chi connectivity index (χ0) is 18.6. The van der Waals surface area contributed by atoms with Crippen LogP contribution in [0.3, 0.4) is 0 Å². The van der Waals surface area contributed by atoms with Crippen molar-refractivity contribution >= 4 is 21.6 Å². The molecule has 0 unspecified atom stereocenters. The second-order valence-electron chi connectivity index (χ2n) is 5.45. The number of nitrogens with two attached hydrogens (primary N) is 1. The molecule has 0 saturated heterocycles. The van der Waals surface area contributed by atoms with Crippen LogP contribution in [-0.4, -0.2) is 25.8 Å². The third-order valence-electron chi connectivity index (χ3n) is 3.63. The molecule has 0 radical (unpaired) electrons. The molecule has 3 N–H and O–H groups in total. The van der Waals surface area contributed by atoms with Crippen molar-refractivity contribution in [3.8, 4) is 0 Å². The molecule has 0 aliphatic carbocycles. The maximum absolute atomic E-state index is 12.2. The number of aryl methyl sites for hydroxylation is 1. The van der Waals surface area contributed by atoms with Crippen molar-refractivity contribution in [2.75, 3.05) is 6.54 Å². The highest BCUT2D eigenvalue weighted by Gasteiger charge is 2.14. The average Bonchev–Trinajstić information content (AvgIpc) is 2.54. The van der Waals surface area contributed by atoms with Gasteiger partial charge < -0.3 is 5.32 Å². The summed E-state index contributed by atoms with van der Waals surface area (Å²) in [5, 5.41) is 18.5. The first-order chi connectivity index (χ1) is 11.7. The van der Waals surface area contributed by atoms with E-state index in [0.29, 0.717) is 18.5 Å². The molecule has 0 aliphatic rings. The van der Waals surface area contributed by atoms with E-state index in [-0.39, 0.29) is 16.1 Å². The quantitative estimate of drug-likeness (QED) is 0.593. The van der Waals surface area contributed by atoms with Crippen molar-refractivity contribution in [2.45, 2.75) is 18.2 Å². The van der Waals surface area contributed by atoms with Crippen LogP contribution in [0.25, 0.3) is 0 Å². The molecule has 25 heavy (non-hydrogen) atoms. The van der Waals surface area contributed by atoms with Gasteiger partial charge in [0.2, 0.25) is 10.0 Å². The van der Waals surface area contributed by atoms with E-state index in [2.05, 4.69) is 5.32 Å². The van der Waals surface area contributed by atoms with Crippen molar-refractivity contribution < 1.29 is 18.1 Å². The summed E-state index contributed by atoms with van der Waals surface area (Å²) < 4.78 is 22.4. The largest absolute Gasteiger partial charge is 0.352 e. The molecule has 0 atom stereocenters. The number of hydrogen-bond acceptors (Lipinski definition) is 5. The molecule has 2 aromatic rings. The number of rotatable bonds is 6. The van der Waals surface area contributed by atoms with Crippen LogP contribution in [0, 0.1) is 17.0 Å². The van der Waals surface area contributed by atoms with Crippen molar-refractivity contribution in [3.05, 3.63) is 69.3 Å². The van der Waals surface area contributed by atoms with Gasteiger partial charge in [0.05, 0.1) is 9.82 Å². The maximum Gasteiger partial charge on any atom is 0.270 e. The first-order valence-electron chi connectivity index (χ1n) is 7.33. The zero-order valence-corrected chi connectivity index (χ0v) is 14.2. The van der Waals surface area contributed by atoms with Gasteiger partial charge in [0.15, 0.2) is 0 Å². The molecule has 0 bridgehead atoms. The molecule has 2 rings (SSSR count). The van der Waals surface area contributed by atoms with Crippen molar-refractivity contribution in [3.63, 3.8) is 0 Å². The Morgan fingerprint density at radius 3 is 2.40 bits per heavy atom. The predicted octanol–water partition coefficient (Wildman–Crippen LogP) is 1.52. The van der Waals surface area contributed by atoms with Crippen LogP contribution >= 0.6 is 0 Å². The highest BCUT2D eigenvalue weighted by atomic mass is 32.2. The van der Waals surface area contributed by atoms with Gasteiger partial charge in [-0.25, -0.2) is 13.6 Å². The number of amides is 1. The number of hydrogen-bond donors (Lipinski definition) is 2. The monoisotopic (exact) mass is 363 g/mol. The summed E-state index contributed by atoms with van der Waals surface area (Å²) in [6, 6.07) is 10.1. The molecule has 2 aromatic carbocycles. The lowest BCUT2D eigenvalue weighted by atomic mass is 10.1. The standard InChI is InChI=1S/C16H17N3O5S/c1-11-2-5-13(19(21)22)10-15(11)16(20)18-9-8-12-3-6-14(7-4-12)25(17,23)24/h2-7,10H,8-9H2,1H3,(H,18,20)(H2,17,23,24). The van der Waals surface area contributed by atoms with Gasteiger partial charge in [0.25, 0.3) is 11.6 Å². The third kappa shape index (κ3) is 4.85. The Kier molecular flexibility index (Phi) is 5.50. The second-order valence-corrected chi connectivity index (χ2v) is 7.01. The fourth-order valence-corrected chi connectivity index (χ4v) is 2.75. The van der Waals surface area contributed by atoms with Gasteiger partial charge in [-0.1, -0.05) is 18.2 Å². The first-order valence-corrected chi connectivity index (χ1v) is 8.88. The molecule has 8 nitrogen and oxygen atoms in total. The lowest BCUT2D eigenvalue weighted by molar-refractivity contribution is -0.384. The highest BCUT2D eigenvalue weighted by molar-refractivity contribution is 7.89. The third-order valence-corrected chi connectivity index (χ3v) is 4.56. The van der Waals surface area contributed by atoms with Gasteiger partial charge >= 0.3 is 0 Å². The van der Waals surface area contributed by atoms with E-state index >= 15 is 0 Å². The van der Waals surface area contributed by atoms with Gasteiger partial charge in [-0.05, 0) is 36.6 Å². The van der Waals surface area contributed by atoms with E-state index in [4.69, 9.17) is 5.14 Å². The average molecular weight is 363 g/mol. The van der Waals surface area contributed by atoms with Crippen LogP contribution in [0.15, 0.2) is 47.4 Å². The molecule has 0 aliphatic heterocycles. The summed E-state index contributed by atoms with van der Waals surface area (Å²) >= 11 is 0. The van der Waals surface area contributed by atoms with E-state index in [1.165, 1.54) is 30.3 Å². The maximum atomic E-state index is 12.2.